The van der Waals surface area contributed by atoms with Crippen molar-refractivity contribution in [1.82, 2.24) is 4.98 Å². The van der Waals surface area contributed by atoms with Gasteiger partial charge in [-0.05, 0) is 42.8 Å². The summed E-state index contributed by atoms with van der Waals surface area (Å²) < 4.78 is 1.08. The molecular formula is C16H15N3OS2. The molecule has 0 atom stereocenters. The van der Waals surface area contributed by atoms with Crippen LogP contribution in [-0.4, -0.2) is 16.6 Å². The van der Waals surface area contributed by atoms with Gasteiger partial charge in [-0.3, -0.25) is 4.79 Å². The van der Waals surface area contributed by atoms with Gasteiger partial charge in [0.2, 0.25) is 5.91 Å². The minimum absolute atomic E-state index is 0.0665. The van der Waals surface area contributed by atoms with Crippen LogP contribution in [-0.2, 0) is 4.79 Å². The maximum absolute atomic E-state index is 12.0. The molecule has 0 aliphatic carbocycles. The molecule has 0 bridgehead atoms. The third kappa shape index (κ3) is 3.58. The standard InChI is InChI=1S/C16H15N3OS2/c1-10-5-6-13-14(7-10)22-16(18-13)19-15(20)9-21-12-4-2-3-11(17)8-12/h2-8H,9,17H2,1H3,(H,18,19,20). The third-order valence-electron chi connectivity index (χ3n) is 3.02. The highest BCUT2D eigenvalue weighted by Gasteiger charge is 2.08. The zero-order valence-electron chi connectivity index (χ0n) is 12.0. The van der Waals surface area contributed by atoms with E-state index in [1.54, 1.807) is 0 Å². The summed E-state index contributed by atoms with van der Waals surface area (Å²) in [6, 6.07) is 13.6. The molecule has 0 spiro atoms. The minimum atomic E-state index is -0.0665. The number of nitrogens with one attached hydrogen (secondary N) is 1. The summed E-state index contributed by atoms with van der Waals surface area (Å²) in [5.74, 6) is 0.265. The van der Waals surface area contributed by atoms with Crippen LogP contribution in [0.5, 0.6) is 0 Å². The van der Waals surface area contributed by atoms with E-state index in [1.807, 2.05) is 43.3 Å². The van der Waals surface area contributed by atoms with Crippen LogP contribution in [0.25, 0.3) is 10.2 Å². The highest BCUT2D eigenvalue weighted by molar-refractivity contribution is 8.00. The Hall–Kier alpha value is -2.05. The Morgan fingerprint density at radius 3 is 3.00 bits per heavy atom. The lowest BCUT2D eigenvalue weighted by Crippen LogP contribution is -2.13. The van der Waals surface area contributed by atoms with E-state index in [9.17, 15) is 4.79 Å². The van der Waals surface area contributed by atoms with E-state index in [1.165, 1.54) is 28.7 Å². The Bertz CT molecular complexity index is 829. The number of anilines is 2. The number of thiazole rings is 1. The van der Waals surface area contributed by atoms with Crippen LogP contribution in [0.3, 0.4) is 0 Å². The number of nitrogens with two attached hydrogens (primary N) is 1. The second kappa shape index (κ2) is 6.37. The van der Waals surface area contributed by atoms with Gasteiger partial charge in [-0.25, -0.2) is 4.98 Å². The molecule has 0 unspecified atom stereocenters. The summed E-state index contributed by atoms with van der Waals surface area (Å²) in [6.07, 6.45) is 0. The number of amides is 1. The van der Waals surface area contributed by atoms with Crippen molar-refractivity contribution in [3.63, 3.8) is 0 Å². The van der Waals surface area contributed by atoms with Gasteiger partial charge in [0.05, 0.1) is 16.0 Å². The predicted molar refractivity (Wildman–Crippen MR) is 94.6 cm³/mol. The fraction of sp³-hybridized carbons (Fsp3) is 0.125. The minimum Gasteiger partial charge on any atom is -0.399 e. The molecule has 0 fully saturated rings. The Kier molecular flexibility index (Phi) is 4.31. The molecule has 4 nitrogen and oxygen atoms in total. The molecule has 6 heteroatoms. The third-order valence-corrected chi connectivity index (χ3v) is 4.95. The quantitative estimate of drug-likeness (QED) is 0.562. The Morgan fingerprint density at radius 1 is 1.32 bits per heavy atom. The summed E-state index contributed by atoms with van der Waals surface area (Å²) in [5.41, 5.74) is 8.52. The van der Waals surface area contributed by atoms with Crippen LogP contribution in [0.4, 0.5) is 10.8 Å². The first kappa shape index (κ1) is 14.9. The van der Waals surface area contributed by atoms with Gasteiger partial charge in [-0.15, -0.1) is 11.8 Å². The van der Waals surface area contributed by atoms with Crippen molar-refractivity contribution in [2.45, 2.75) is 11.8 Å². The average molecular weight is 329 g/mol. The Balaban J connectivity index is 1.63. The highest BCUT2D eigenvalue weighted by atomic mass is 32.2. The average Bonchev–Trinajstić information content (AvgIpc) is 2.86. The van der Waals surface area contributed by atoms with E-state index in [-0.39, 0.29) is 5.91 Å². The van der Waals surface area contributed by atoms with Gasteiger partial charge in [-0.1, -0.05) is 23.5 Å². The molecule has 3 aromatic rings. The van der Waals surface area contributed by atoms with Crippen LogP contribution in [0.15, 0.2) is 47.4 Å². The molecule has 22 heavy (non-hydrogen) atoms. The number of aromatic nitrogens is 1. The molecule has 0 radical (unpaired) electrons. The van der Waals surface area contributed by atoms with Crippen molar-refractivity contribution in [3.8, 4) is 0 Å². The first-order valence-electron chi connectivity index (χ1n) is 6.75. The number of carbonyl (C=O) groups excluding carboxylic acids is 1. The van der Waals surface area contributed by atoms with Crippen molar-refractivity contribution in [3.05, 3.63) is 48.0 Å². The van der Waals surface area contributed by atoms with Crippen molar-refractivity contribution in [2.75, 3.05) is 16.8 Å². The number of nitrogens with zero attached hydrogens (tertiary/aromatic N) is 1. The molecule has 2 aromatic carbocycles. The van der Waals surface area contributed by atoms with Gasteiger partial charge in [0.15, 0.2) is 5.13 Å². The van der Waals surface area contributed by atoms with Crippen LogP contribution in [0, 0.1) is 6.92 Å². The summed E-state index contributed by atoms with van der Waals surface area (Å²) in [6.45, 7) is 2.04. The van der Waals surface area contributed by atoms with Crippen molar-refractivity contribution >= 4 is 50.0 Å². The molecule has 3 rings (SSSR count). The number of nitrogen functional groups attached to an aromatic ring is 1. The lowest BCUT2D eigenvalue weighted by atomic mass is 10.2. The number of thioether (sulfide) groups is 1. The summed E-state index contributed by atoms with van der Waals surface area (Å²) in [7, 11) is 0. The second-order valence-electron chi connectivity index (χ2n) is 4.90. The molecule has 0 aliphatic rings. The fourth-order valence-electron chi connectivity index (χ4n) is 1.99. The van der Waals surface area contributed by atoms with Crippen LogP contribution in [0.1, 0.15) is 5.56 Å². The number of hydrogen-bond donors (Lipinski definition) is 2. The predicted octanol–water partition coefficient (Wildman–Crippen LogP) is 3.92. The smallest absolute Gasteiger partial charge is 0.236 e. The zero-order valence-corrected chi connectivity index (χ0v) is 13.6. The van der Waals surface area contributed by atoms with Gasteiger partial charge < -0.3 is 11.1 Å². The molecular weight excluding hydrogens is 314 g/mol. The molecule has 1 heterocycles. The van der Waals surface area contributed by atoms with Crippen molar-refractivity contribution < 1.29 is 4.79 Å². The molecule has 0 saturated carbocycles. The first-order valence-corrected chi connectivity index (χ1v) is 8.56. The maximum atomic E-state index is 12.0. The SMILES string of the molecule is Cc1ccc2nc(NC(=O)CSc3cccc(N)c3)sc2c1. The monoisotopic (exact) mass is 329 g/mol. The summed E-state index contributed by atoms with van der Waals surface area (Å²) in [4.78, 5) is 17.4. The molecule has 0 saturated heterocycles. The normalized spacial score (nSPS) is 10.8. The lowest BCUT2D eigenvalue weighted by molar-refractivity contribution is -0.113. The van der Waals surface area contributed by atoms with E-state index in [2.05, 4.69) is 16.4 Å². The van der Waals surface area contributed by atoms with E-state index in [0.29, 0.717) is 16.6 Å². The van der Waals surface area contributed by atoms with Crippen LogP contribution in [0.2, 0.25) is 0 Å². The fourth-order valence-corrected chi connectivity index (χ4v) is 3.74. The van der Waals surface area contributed by atoms with Crippen LogP contribution >= 0.6 is 23.1 Å². The number of benzene rings is 2. The number of hydrogen-bond acceptors (Lipinski definition) is 5. The number of aryl methyl sites for hydroxylation is 1. The van der Waals surface area contributed by atoms with Crippen molar-refractivity contribution in [1.29, 1.82) is 0 Å². The van der Waals surface area contributed by atoms with Crippen molar-refractivity contribution in [2.24, 2.45) is 0 Å². The van der Waals surface area contributed by atoms with Gasteiger partial charge >= 0.3 is 0 Å². The molecule has 1 aromatic heterocycles. The lowest BCUT2D eigenvalue weighted by Gasteiger charge is -2.02. The van der Waals surface area contributed by atoms with Gasteiger partial charge in [0, 0.05) is 10.6 Å². The summed E-state index contributed by atoms with van der Waals surface area (Å²) in [5, 5.41) is 3.49. The Morgan fingerprint density at radius 2 is 2.18 bits per heavy atom. The van der Waals surface area contributed by atoms with E-state index >= 15 is 0 Å². The zero-order chi connectivity index (χ0) is 15.5. The number of carbonyl (C=O) groups is 1. The van der Waals surface area contributed by atoms with Gasteiger partial charge in [0.25, 0.3) is 0 Å². The van der Waals surface area contributed by atoms with Crippen LogP contribution < -0.4 is 11.1 Å². The molecule has 112 valence electrons. The second-order valence-corrected chi connectivity index (χ2v) is 6.98. The molecule has 1 amide bonds. The first-order chi connectivity index (χ1) is 10.6. The van der Waals surface area contributed by atoms with E-state index in [4.69, 9.17) is 5.73 Å². The maximum Gasteiger partial charge on any atom is 0.236 e. The van der Waals surface area contributed by atoms with E-state index < -0.39 is 0 Å². The topological polar surface area (TPSA) is 68.0 Å². The largest absolute Gasteiger partial charge is 0.399 e. The van der Waals surface area contributed by atoms with E-state index in [0.717, 1.165) is 15.1 Å². The number of fused-ring (bicyclic) bond motifs is 1. The summed E-state index contributed by atoms with van der Waals surface area (Å²) >= 11 is 2.95. The van der Waals surface area contributed by atoms with Gasteiger partial charge in [-0.2, -0.15) is 0 Å². The molecule has 0 aliphatic heterocycles. The Labute approximate surface area is 136 Å². The van der Waals surface area contributed by atoms with Gasteiger partial charge in [0.1, 0.15) is 0 Å². The molecule has 3 N–H and O–H groups in total. The highest BCUT2D eigenvalue weighted by Crippen LogP contribution is 2.27. The number of rotatable bonds is 4.